The van der Waals surface area contributed by atoms with Gasteiger partial charge in [-0.05, 0) is 78.8 Å². The van der Waals surface area contributed by atoms with Crippen LogP contribution < -0.4 is 14.7 Å². The van der Waals surface area contributed by atoms with Gasteiger partial charge in [-0.2, -0.15) is 15.8 Å². The molecule has 0 unspecified atom stereocenters. The molecule has 4 aromatic rings. The van der Waals surface area contributed by atoms with E-state index < -0.39 is 0 Å². The molecule has 4 aromatic carbocycles. The zero-order chi connectivity index (χ0) is 48.1. The second kappa shape index (κ2) is 31.0. The molecule has 0 spiro atoms. The highest BCUT2D eigenvalue weighted by atomic mass is 16.3. The Balaban J connectivity index is 1.77. The van der Waals surface area contributed by atoms with Crippen LogP contribution in [0.3, 0.4) is 0 Å². The summed E-state index contributed by atoms with van der Waals surface area (Å²) in [6, 6.07) is 32.3. The first-order valence-electron chi connectivity index (χ1n) is 25.5. The summed E-state index contributed by atoms with van der Waals surface area (Å²) >= 11 is 0. The van der Waals surface area contributed by atoms with E-state index in [9.17, 15) is 20.9 Å². The van der Waals surface area contributed by atoms with Crippen LogP contribution in [0.25, 0.3) is 36.5 Å². The minimum atomic E-state index is 0.0584. The molecule has 7 heteroatoms. The molecule has 0 aliphatic carbocycles. The molecule has 67 heavy (non-hydrogen) atoms. The van der Waals surface area contributed by atoms with E-state index in [2.05, 4.69) is 104 Å². The first-order chi connectivity index (χ1) is 32.8. The minimum Gasteiger partial charge on any atom is -0.395 e. The van der Waals surface area contributed by atoms with Crippen LogP contribution in [0.4, 0.5) is 17.1 Å². The highest BCUT2D eigenvalue weighted by Crippen LogP contribution is 2.33. The van der Waals surface area contributed by atoms with Crippen molar-refractivity contribution < 1.29 is 5.11 Å². The Labute approximate surface area is 405 Å². The second-order valence-corrected chi connectivity index (χ2v) is 17.8. The molecule has 354 valence electrons. The average molecular weight is 899 g/mol. The van der Waals surface area contributed by atoms with Gasteiger partial charge in [-0.3, -0.25) is 0 Å². The van der Waals surface area contributed by atoms with Crippen LogP contribution in [-0.2, 0) is 0 Å². The lowest BCUT2D eigenvalue weighted by atomic mass is 9.86. The third kappa shape index (κ3) is 17.3. The Morgan fingerprint density at radius 1 is 0.388 bits per heavy atom. The fraction of sp³-hybridized carbons (Fsp3) is 0.450. The molecule has 7 nitrogen and oxygen atoms in total. The molecule has 0 aliphatic heterocycles. The third-order valence-electron chi connectivity index (χ3n) is 12.7. The molecule has 0 atom stereocenters. The number of aliphatic hydroxyl groups excluding tert-OH is 1. The minimum absolute atomic E-state index is 0.0584. The summed E-state index contributed by atoms with van der Waals surface area (Å²) in [5.74, 6) is 0. The van der Waals surface area contributed by atoms with E-state index >= 15 is 0 Å². The van der Waals surface area contributed by atoms with Crippen LogP contribution in [0.1, 0.15) is 180 Å². The summed E-state index contributed by atoms with van der Waals surface area (Å²) in [6.07, 6.45) is 31.0. The quantitative estimate of drug-likeness (QED) is 0.0396. The molecule has 0 saturated carbocycles. The maximum Gasteiger partial charge on any atom is 0.100 e. The molecule has 0 saturated heterocycles. The van der Waals surface area contributed by atoms with Gasteiger partial charge in [-0.15, -0.1) is 0 Å². The fourth-order valence-electron chi connectivity index (χ4n) is 8.58. The number of aliphatic hydroxyl groups is 1. The molecule has 0 bridgehead atoms. The van der Waals surface area contributed by atoms with E-state index in [4.69, 9.17) is 0 Å². The van der Waals surface area contributed by atoms with Gasteiger partial charge in [0.2, 0.25) is 0 Å². The van der Waals surface area contributed by atoms with Gasteiger partial charge in [-0.25, -0.2) is 0 Å². The van der Waals surface area contributed by atoms with E-state index in [1.807, 2.05) is 72.7 Å². The highest BCUT2D eigenvalue weighted by Gasteiger charge is 2.21. The lowest BCUT2D eigenvalue weighted by molar-refractivity contribution is 0.304. The van der Waals surface area contributed by atoms with Gasteiger partial charge in [0, 0.05) is 73.5 Å². The molecule has 0 fully saturated rings. The molecule has 1 N–H and O–H groups in total. The van der Waals surface area contributed by atoms with Gasteiger partial charge in [0.15, 0.2) is 0 Å². The normalized spacial score (nSPS) is 11.3. The number of benzene rings is 4. The van der Waals surface area contributed by atoms with E-state index in [0.717, 1.165) is 48.6 Å². The Hall–Kier alpha value is -6.07. The maximum atomic E-state index is 10.9. The van der Waals surface area contributed by atoms with Gasteiger partial charge in [0.1, 0.15) is 18.2 Å². The SMILES string of the molecule is CCCCCCN(CCCCCC)c1ccc(/C=C/c2c(C#N)c(/C=C/c3ccc(N(C)CCO)cc3)c(C#N)c(/C=C/c3ccc(N(CCCCCC)CCCCCC)cc3)c2C#N)cc1. The van der Waals surface area contributed by atoms with Crippen molar-refractivity contribution in [2.45, 2.75) is 130 Å². The monoisotopic (exact) mass is 899 g/mol. The van der Waals surface area contributed by atoms with Crippen molar-refractivity contribution in [3.05, 3.63) is 123 Å². The van der Waals surface area contributed by atoms with Crippen molar-refractivity contribution >= 4 is 53.5 Å². The van der Waals surface area contributed by atoms with Crippen LogP contribution in [0.2, 0.25) is 0 Å². The Morgan fingerprint density at radius 2 is 0.672 bits per heavy atom. The van der Waals surface area contributed by atoms with E-state index in [0.29, 0.717) is 23.2 Å². The van der Waals surface area contributed by atoms with E-state index in [1.165, 1.54) is 114 Å². The molecule has 0 aromatic heterocycles. The van der Waals surface area contributed by atoms with Gasteiger partial charge in [0.25, 0.3) is 0 Å². The second-order valence-electron chi connectivity index (χ2n) is 17.8. The maximum absolute atomic E-state index is 10.9. The number of likely N-dealkylation sites (N-methyl/N-ethyl adjacent to an activating group) is 1. The molecule has 4 rings (SSSR count). The number of hydrogen-bond donors (Lipinski definition) is 1. The average Bonchev–Trinajstić information content (AvgIpc) is 3.36. The van der Waals surface area contributed by atoms with Crippen LogP contribution in [0, 0.1) is 34.0 Å². The molecular weight excluding hydrogens is 821 g/mol. The van der Waals surface area contributed by atoms with Crippen molar-refractivity contribution in [2.24, 2.45) is 0 Å². The molecule has 0 heterocycles. The lowest BCUT2D eigenvalue weighted by Gasteiger charge is -2.25. The third-order valence-corrected chi connectivity index (χ3v) is 12.7. The predicted octanol–water partition coefficient (Wildman–Crippen LogP) is 15.2. The Bertz CT molecular complexity index is 2120. The summed E-state index contributed by atoms with van der Waals surface area (Å²) in [4.78, 5) is 7.02. The summed E-state index contributed by atoms with van der Waals surface area (Å²) in [7, 11) is 1.93. The Morgan fingerprint density at radius 3 is 0.925 bits per heavy atom. The van der Waals surface area contributed by atoms with Crippen molar-refractivity contribution in [3.8, 4) is 18.2 Å². The van der Waals surface area contributed by atoms with Crippen molar-refractivity contribution in [3.63, 3.8) is 0 Å². The highest BCUT2D eigenvalue weighted by molar-refractivity contribution is 5.90. The smallest absolute Gasteiger partial charge is 0.100 e. The van der Waals surface area contributed by atoms with Crippen molar-refractivity contribution in [2.75, 3.05) is 61.1 Å². The summed E-state index contributed by atoms with van der Waals surface area (Å²) in [6.45, 7) is 13.8. The standard InChI is InChI=1S/C60H78N6O/c1-6-10-14-18-40-65(41-19-15-11-7-2)53-33-24-50(25-34-53)29-38-56-58(46-61)55(37-28-49-22-31-52(32-23-49)64(5)44-45-67)59(47-62)57(60(56)48-63)39-30-51-26-35-54(36-27-51)66(42-20-16-12-8-3)43-21-17-13-9-4/h22-39,67H,6-21,40-45H2,1-5H3/b37-28+,38-29+,39-30+. The van der Waals surface area contributed by atoms with E-state index in [1.54, 1.807) is 0 Å². The number of hydrogen-bond acceptors (Lipinski definition) is 7. The van der Waals surface area contributed by atoms with Gasteiger partial charge < -0.3 is 19.8 Å². The largest absolute Gasteiger partial charge is 0.395 e. The molecule has 0 amide bonds. The van der Waals surface area contributed by atoms with E-state index in [-0.39, 0.29) is 23.3 Å². The van der Waals surface area contributed by atoms with Gasteiger partial charge >= 0.3 is 0 Å². The van der Waals surface area contributed by atoms with Gasteiger partial charge in [-0.1, -0.05) is 178 Å². The fourth-order valence-corrected chi connectivity index (χ4v) is 8.58. The predicted molar refractivity (Wildman–Crippen MR) is 288 cm³/mol. The first-order valence-corrected chi connectivity index (χ1v) is 25.5. The number of nitrogens with zero attached hydrogens (tertiary/aromatic N) is 6. The van der Waals surface area contributed by atoms with Crippen LogP contribution in [-0.4, -0.2) is 51.5 Å². The Kier molecular flexibility index (Phi) is 24.8. The first kappa shape index (κ1) is 53.5. The topological polar surface area (TPSA) is 101 Å². The number of rotatable bonds is 31. The summed E-state index contributed by atoms with van der Waals surface area (Å²) in [5.41, 5.74) is 8.50. The van der Waals surface area contributed by atoms with Crippen molar-refractivity contribution in [1.82, 2.24) is 0 Å². The van der Waals surface area contributed by atoms with Crippen molar-refractivity contribution in [1.29, 1.82) is 15.8 Å². The summed E-state index contributed by atoms with van der Waals surface area (Å²) in [5, 5.41) is 42.0. The molecule has 0 aliphatic rings. The summed E-state index contributed by atoms with van der Waals surface area (Å²) < 4.78 is 0. The number of unbranched alkanes of at least 4 members (excludes halogenated alkanes) is 12. The molecular formula is C60H78N6O. The number of nitriles is 3. The van der Waals surface area contributed by atoms with Gasteiger partial charge in [0.05, 0.1) is 23.3 Å². The number of anilines is 3. The van der Waals surface area contributed by atoms with Crippen LogP contribution >= 0.6 is 0 Å². The zero-order valence-corrected chi connectivity index (χ0v) is 41.6. The lowest BCUT2D eigenvalue weighted by Crippen LogP contribution is -2.25. The van der Waals surface area contributed by atoms with Crippen LogP contribution in [0.5, 0.6) is 0 Å². The zero-order valence-electron chi connectivity index (χ0n) is 41.6. The van der Waals surface area contributed by atoms with Crippen LogP contribution in [0.15, 0.2) is 72.8 Å². The molecule has 0 radical (unpaired) electrons.